The Morgan fingerprint density at radius 1 is 0.958 bits per heavy atom. The van der Waals surface area contributed by atoms with Crippen LogP contribution in [0.2, 0.25) is 0 Å². The lowest BCUT2D eigenvalue weighted by Crippen LogP contribution is -2.10. The lowest BCUT2D eigenvalue weighted by molar-refractivity contribution is 0.600. The van der Waals surface area contributed by atoms with Crippen LogP contribution in [0.1, 0.15) is 5.56 Å². The third kappa shape index (κ3) is 4.78. The molecule has 8 heteroatoms. The third-order valence-corrected chi connectivity index (χ3v) is 5.65. The first-order valence-electron chi connectivity index (χ1n) is 7.10. The van der Waals surface area contributed by atoms with Crippen molar-refractivity contribution in [3.63, 3.8) is 0 Å². The van der Waals surface area contributed by atoms with Crippen molar-refractivity contribution < 1.29 is 21.2 Å². The molecule has 0 unspecified atom stereocenters. The Morgan fingerprint density at radius 3 is 2.25 bits per heavy atom. The molecule has 0 aliphatic heterocycles. The number of halogens is 1. The van der Waals surface area contributed by atoms with E-state index in [1.807, 2.05) is 0 Å². The molecule has 0 aliphatic carbocycles. The van der Waals surface area contributed by atoms with Gasteiger partial charge in [0, 0.05) is 19.1 Å². The van der Waals surface area contributed by atoms with E-state index in [9.17, 15) is 21.2 Å². The molecular weight excluding hydrogens is 353 g/mol. The summed E-state index contributed by atoms with van der Waals surface area (Å²) in [6.45, 7) is 0.379. The van der Waals surface area contributed by atoms with Gasteiger partial charge in [0.15, 0.2) is 19.7 Å². The van der Waals surface area contributed by atoms with Crippen LogP contribution in [0.3, 0.4) is 0 Å². The highest BCUT2D eigenvalue weighted by molar-refractivity contribution is 7.91. The Hall–Kier alpha value is -1.93. The molecule has 2 aromatic rings. The quantitative estimate of drug-likeness (QED) is 0.843. The molecule has 0 saturated carbocycles. The first kappa shape index (κ1) is 18.4. The monoisotopic (exact) mass is 371 g/mol. The average molecular weight is 371 g/mol. The standard InChI is InChI=1S/C16H18FNO4S2/c1-23(19,20)14-6-7-15(16(11-14)24(2,21)22)18-9-8-12-4-3-5-13(17)10-12/h3-7,10-11,18H,8-9H2,1-2H3. The van der Waals surface area contributed by atoms with Crippen molar-refractivity contribution in [3.8, 4) is 0 Å². The van der Waals surface area contributed by atoms with E-state index in [1.54, 1.807) is 12.1 Å². The van der Waals surface area contributed by atoms with Crippen molar-refractivity contribution in [2.45, 2.75) is 16.2 Å². The van der Waals surface area contributed by atoms with Crippen molar-refractivity contribution in [2.24, 2.45) is 0 Å². The molecule has 0 radical (unpaired) electrons. The van der Waals surface area contributed by atoms with E-state index in [4.69, 9.17) is 0 Å². The molecule has 5 nitrogen and oxygen atoms in total. The first-order valence-corrected chi connectivity index (χ1v) is 10.9. The molecule has 24 heavy (non-hydrogen) atoms. The summed E-state index contributed by atoms with van der Waals surface area (Å²) in [4.78, 5) is -0.136. The minimum Gasteiger partial charge on any atom is -0.384 e. The second-order valence-corrected chi connectivity index (χ2v) is 9.51. The molecular formula is C16H18FNO4S2. The predicted octanol–water partition coefficient (Wildman–Crippen LogP) is 2.29. The molecule has 0 bridgehead atoms. The second kappa shape index (κ2) is 6.90. The van der Waals surface area contributed by atoms with Gasteiger partial charge in [-0.2, -0.15) is 0 Å². The lowest BCUT2D eigenvalue weighted by Gasteiger charge is -2.12. The Kier molecular flexibility index (Phi) is 5.29. The van der Waals surface area contributed by atoms with Gasteiger partial charge in [-0.05, 0) is 42.3 Å². The number of benzene rings is 2. The minimum atomic E-state index is -3.60. The number of rotatable bonds is 6. The zero-order valence-corrected chi connectivity index (χ0v) is 14.9. The largest absolute Gasteiger partial charge is 0.384 e. The molecule has 0 heterocycles. The van der Waals surface area contributed by atoms with Crippen LogP contribution in [0.25, 0.3) is 0 Å². The maximum absolute atomic E-state index is 13.1. The van der Waals surface area contributed by atoms with Gasteiger partial charge in [-0.1, -0.05) is 12.1 Å². The molecule has 0 aromatic heterocycles. The fraction of sp³-hybridized carbons (Fsp3) is 0.250. The van der Waals surface area contributed by atoms with E-state index < -0.39 is 19.7 Å². The van der Waals surface area contributed by atoms with Gasteiger partial charge in [0.05, 0.1) is 15.5 Å². The van der Waals surface area contributed by atoms with Gasteiger partial charge >= 0.3 is 0 Å². The molecule has 0 atom stereocenters. The topological polar surface area (TPSA) is 80.3 Å². The Morgan fingerprint density at radius 2 is 1.67 bits per heavy atom. The smallest absolute Gasteiger partial charge is 0.177 e. The van der Waals surface area contributed by atoms with Gasteiger partial charge < -0.3 is 5.32 Å². The van der Waals surface area contributed by atoms with E-state index in [1.165, 1.54) is 24.3 Å². The zero-order valence-electron chi connectivity index (χ0n) is 13.3. The SMILES string of the molecule is CS(=O)(=O)c1ccc(NCCc2cccc(F)c2)c(S(C)(=O)=O)c1. The van der Waals surface area contributed by atoms with E-state index in [2.05, 4.69) is 5.32 Å². The number of hydrogen-bond acceptors (Lipinski definition) is 5. The highest BCUT2D eigenvalue weighted by atomic mass is 32.2. The predicted molar refractivity (Wildman–Crippen MR) is 91.3 cm³/mol. The molecule has 0 saturated heterocycles. The molecule has 130 valence electrons. The van der Waals surface area contributed by atoms with Gasteiger partial charge in [0.1, 0.15) is 5.82 Å². The highest BCUT2D eigenvalue weighted by Crippen LogP contribution is 2.25. The normalized spacial score (nSPS) is 12.1. The van der Waals surface area contributed by atoms with E-state index >= 15 is 0 Å². The van der Waals surface area contributed by atoms with E-state index in [0.29, 0.717) is 18.7 Å². The maximum atomic E-state index is 13.1. The summed E-state index contributed by atoms with van der Waals surface area (Å²) in [5, 5.41) is 2.97. The molecule has 1 N–H and O–H groups in total. The van der Waals surface area contributed by atoms with Crippen molar-refractivity contribution in [1.82, 2.24) is 0 Å². The van der Waals surface area contributed by atoms with Crippen molar-refractivity contribution >= 4 is 25.4 Å². The summed E-state index contributed by atoms with van der Waals surface area (Å²) in [5.74, 6) is -0.332. The Labute approximate surface area is 141 Å². The van der Waals surface area contributed by atoms with E-state index in [-0.39, 0.29) is 15.6 Å². The molecule has 0 aliphatic rings. The lowest BCUT2D eigenvalue weighted by atomic mass is 10.1. The average Bonchev–Trinajstić information content (AvgIpc) is 2.45. The van der Waals surface area contributed by atoms with Crippen LogP contribution < -0.4 is 5.32 Å². The summed E-state index contributed by atoms with van der Waals surface area (Å²) in [7, 11) is -7.11. The first-order chi connectivity index (χ1) is 11.1. The second-order valence-electron chi connectivity index (χ2n) is 5.51. The van der Waals surface area contributed by atoms with Crippen molar-refractivity contribution in [1.29, 1.82) is 0 Å². The zero-order chi connectivity index (χ0) is 18.0. The Bertz CT molecular complexity index is 954. The molecule has 0 fully saturated rings. The molecule has 0 amide bonds. The van der Waals surface area contributed by atoms with Crippen molar-refractivity contribution in [3.05, 3.63) is 53.8 Å². The number of hydrogen-bond donors (Lipinski definition) is 1. The fourth-order valence-electron chi connectivity index (χ4n) is 2.22. The van der Waals surface area contributed by atoms with Crippen LogP contribution in [0.4, 0.5) is 10.1 Å². The van der Waals surface area contributed by atoms with Crippen LogP contribution in [-0.4, -0.2) is 35.9 Å². The Balaban J connectivity index is 2.23. The van der Waals surface area contributed by atoms with Crippen LogP contribution >= 0.6 is 0 Å². The summed E-state index contributed by atoms with van der Waals surface area (Å²) < 4.78 is 60.2. The van der Waals surface area contributed by atoms with Crippen LogP contribution in [0, 0.1) is 5.82 Å². The molecule has 0 spiro atoms. The van der Waals surface area contributed by atoms with Crippen LogP contribution in [0.15, 0.2) is 52.3 Å². The minimum absolute atomic E-state index is 0.0568. The fourth-order valence-corrected chi connectivity index (χ4v) is 3.82. The van der Waals surface area contributed by atoms with Gasteiger partial charge in [0.25, 0.3) is 0 Å². The summed E-state index contributed by atoms with van der Waals surface area (Å²) in [6.07, 6.45) is 2.53. The molecule has 2 aromatic carbocycles. The third-order valence-electron chi connectivity index (χ3n) is 3.40. The van der Waals surface area contributed by atoms with Crippen molar-refractivity contribution in [2.75, 3.05) is 24.4 Å². The summed E-state index contributed by atoms with van der Waals surface area (Å²) in [6, 6.07) is 10.1. The summed E-state index contributed by atoms with van der Waals surface area (Å²) in [5.41, 5.74) is 1.09. The van der Waals surface area contributed by atoms with Crippen LogP contribution in [-0.2, 0) is 26.1 Å². The van der Waals surface area contributed by atoms with E-state index in [0.717, 1.165) is 24.1 Å². The number of sulfone groups is 2. The van der Waals surface area contributed by atoms with Gasteiger partial charge in [-0.15, -0.1) is 0 Å². The van der Waals surface area contributed by atoms with Crippen LogP contribution in [0.5, 0.6) is 0 Å². The maximum Gasteiger partial charge on any atom is 0.177 e. The number of anilines is 1. The van der Waals surface area contributed by atoms with Gasteiger partial charge in [0.2, 0.25) is 0 Å². The highest BCUT2D eigenvalue weighted by Gasteiger charge is 2.17. The van der Waals surface area contributed by atoms with Gasteiger partial charge in [-0.25, -0.2) is 21.2 Å². The number of nitrogens with one attached hydrogen (secondary N) is 1. The summed E-state index contributed by atoms with van der Waals surface area (Å²) >= 11 is 0. The molecule has 2 rings (SSSR count). The van der Waals surface area contributed by atoms with Gasteiger partial charge in [-0.3, -0.25) is 0 Å².